The minimum Gasteiger partial charge on any atom is -0.492 e. The van der Waals surface area contributed by atoms with Gasteiger partial charge in [0.05, 0.1) is 16.6 Å². The van der Waals surface area contributed by atoms with Gasteiger partial charge in [0.15, 0.2) is 0 Å². The summed E-state index contributed by atoms with van der Waals surface area (Å²) in [7, 11) is 0. The Morgan fingerprint density at radius 3 is 2.43 bits per heavy atom. The van der Waals surface area contributed by atoms with Gasteiger partial charge in [0.1, 0.15) is 5.75 Å². The molecule has 2 N–H and O–H groups in total. The van der Waals surface area contributed by atoms with E-state index < -0.39 is 5.97 Å². The lowest BCUT2D eigenvalue weighted by molar-refractivity contribution is 0.0696. The smallest absolute Gasteiger partial charge is 0.335 e. The van der Waals surface area contributed by atoms with E-state index in [2.05, 4.69) is 21.2 Å². The third-order valence-electron chi connectivity index (χ3n) is 4.05. The Morgan fingerprint density at radius 2 is 1.71 bits per heavy atom. The van der Waals surface area contributed by atoms with Crippen LogP contribution in [0.4, 0.5) is 5.69 Å². The molecule has 0 bridgehead atoms. The number of carboxylic acid groups (broad SMARTS) is 1. The first-order valence-electron chi connectivity index (χ1n) is 8.64. The maximum Gasteiger partial charge on any atom is 0.335 e. The van der Waals surface area contributed by atoms with E-state index in [9.17, 15) is 9.59 Å². The molecule has 0 aliphatic heterocycles. The predicted molar refractivity (Wildman–Crippen MR) is 111 cm³/mol. The molecule has 0 aliphatic carbocycles. The first-order valence-corrected chi connectivity index (χ1v) is 9.43. The minimum absolute atomic E-state index is 0.112. The van der Waals surface area contributed by atoms with E-state index in [4.69, 9.17) is 9.84 Å². The fraction of sp³-hybridized carbons (Fsp3) is 0.0909. The summed E-state index contributed by atoms with van der Waals surface area (Å²) in [5.41, 5.74) is 2.16. The quantitative estimate of drug-likeness (QED) is 0.541. The van der Waals surface area contributed by atoms with E-state index in [-0.39, 0.29) is 11.5 Å². The first kappa shape index (κ1) is 19.6. The molecule has 0 aliphatic rings. The molecule has 0 unspecified atom stereocenters. The summed E-state index contributed by atoms with van der Waals surface area (Å²) < 4.78 is 6.47. The molecule has 0 saturated heterocycles. The highest BCUT2D eigenvalue weighted by molar-refractivity contribution is 9.10. The van der Waals surface area contributed by atoms with Gasteiger partial charge >= 0.3 is 5.97 Å². The summed E-state index contributed by atoms with van der Waals surface area (Å²) >= 11 is 3.44. The number of carbonyl (C=O) groups excluding carboxylic acids is 1. The zero-order valence-corrected chi connectivity index (χ0v) is 16.5. The average molecular weight is 440 g/mol. The van der Waals surface area contributed by atoms with E-state index in [0.717, 1.165) is 6.42 Å². The van der Waals surface area contributed by atoms with Gasteiger partial charge in [0.25, 0.3) is 5.91 Å². The molecule has 6 heteroatoms. The molecule has 0 aromatic heterocycles. The second-order valence-electron chi connectivity index (χ2n) is 6.07. The maximum atomic E-state index is 12.4. The molecule has 3 rings (SSSR count). The number of benzene rings is 3. The Labute approximate surface area is 171 Å². The Kier molecular flexibility index (Phi) is 6.45. The SMILES string of the molecule is O=C(O)c1cccc(NC(=O)c2ccc(OCCc3ccccc3)c(Br)c2)c1. The monoisotopic (exact) mass is 439 g/mol. The summed E-state index contributed by atoms with van der Waals surface area (Å²) in [6.45, 7) is 0.524. The molecule has 0 atom stereocenters. The number of carboxylic acids is 1. The van der Waals surface area contributed by atoms with Crippen molar-refractivity contribution in [1.82, 2.24) is 0 Å². The van der Waals surface area contributed by atoms with Gasteiger partial charge in [-0.25, -0.2) is 4.79 Å². The van der Waals surface area contributed by atoms with Gasteiger partial charge < -0.3 is 15.2 Å². The third kappa shape index (κ3) is 5.20. The third-order valence-corrected chi connectivity index (χ3v) is 4.67. The van der Waals surface area contributed by atoms with Crippen molar-refractivity contribution in [2.75, 3.05) is 11.9 Å². The van der Waals surface area contributed by atoms with Gasteiger partial charge in [-0.3, -0.25) is 4.79 Å². The molecule has 0 fully saturated rings. The highest BCUT2D eigenvalue weighted by Gasteiger charge is 2.11. The van der Waals surface area contributed by atoms with E-state index >= 15 is 0 Å². The zero-order chi connectivity index (χ0) is 19.9. The van der Waals surface area contributed by atoms with Crippen molar-refractivity contribution >= 4 is 33.5 Å². The van der Waals surface area contributed by atoms with Crippen LogP contribution >= 0.6 is 15.9 Å². The van der Waals surface area contributed by atoms with Gasteiger partial charge in [-0.1, -0.05) is 36.4 Å². The van der Waals surface area contributed by atoms with Crippen molar-refractivity contribution in [2.24, 2.45) is 0 Å². The summed E-state index contributed by atoms with van der Waals surface area (Å²) in [6, 6.07) is 21.2. The van der Waals surface area contributed by atoms with Crippen LogP contribution in [0.15, 0.2) is 77.3 Å². The number of hydrogen-bond acceptors (Lipinski definition) is 3. The van der Waals surface area contributed by atoms with Crippen LogP contribution in [0, 0.1) is 0 Å². The molecular weight excluding hydrogens is 422 g/mol. The number of hydrogen-bond donors (Lipinski definition) is 2. The Balaban J connectivity index is 1.62. The molecule has 142 valence electrons. The molecule has 5 nitrogen and oxygen atoms in total. The number of nitrogens with one attached hydrogen (secondary N) is 1. The second-order valence-corrected chi connectivity index (χ2v) is 6.92. The number of carbonyl (C=O) groups is 2. The van der Waals surface area contributed by atoms with Gasteiger partial charge in [0.2, 0.25) is 0 Å². The van der Waals surface area contributed by atoms with Gasteiger partial charge in [-0.2, -0.15) is 0 Å². The second kappa shape index (κ2) is 9.19. The number of anilines is 1. The average Bonchev–Trinajstić information content (AvgIpc) is 2.70. The zero-order valence-electron chi connectivity index (χ0n) is 14.9. The van der Waals surface area contributed by atoms with Crippen LogP contribution in [-0.2, 0) is 6.42 Å². The molecule has 0 spiro atoms. The number of ether oxygens (including phenoxy) is 1. The van der Waals surface area contributed by atoms with E-state index in [0.29, 0.717) is 28.1 Å². The highest BCUT2D eigenvalue weighted by Crippen LogP contribution is 2.26. The lowest BCUT2D eigenvalue weighted by atomic mass is 10.1. The molecule has 0 saturated carbocycles. The number of rotatable bonds is 7. The summed E-state index contributed by atoms with van der Waals surface area (Å²) in [4.78, 5) is 23.5. The van der Waals surface area contributed by atoms with Gasteiger partial charge in [-0.15, -0.1) is 0 Å². The van der Waals surface area contributed by atoms with Gasteiger partial charge in [-0.05, 0) is 57.9 Å². The van der Waals surface area contributed by atoms with Crippen LogP contribution in [0.2, 0.25) is 0 Å². The van der Waals surface area contributed by atoms with Crippen LogP contribution in [0.5, 0.6) is 5.75 Å². The Hall–Kier alpha value is -3.12. The van der Waals surface area contributed by atoms with Crippen LogP contribution in [0.25, 0.3) is 0 Å². The van der Waals surface area contributed by atoms with Crippen LogP contribution in [0.1, 0.15) is 26.3 Å². The molecule has 0 heterocycles. The summed E-state index contributed by atoms with van der Waals surface area (Å²) in [5, 5.41) is 11.7. The summed E-state index contributed by atoms with van der Waals surface area (Å²) in [5.74, 6) is -0.727. The molecule has 3 aromatic rings. The Morgan fingerprint density at radius 1 is 0.929 bits per heavy atom. The van der Waals surface area contributed by atoms with Gasteiger partial charge in [0, 0.05) is 17.7 Å². The van der Waals surface area contributed by atoms with E-state index in [1.54, 1.807) is 30.3 Å². The van der Waals surface area contributed by atoms with Crippen molar-refractivity contribution in [3.05, 3.63) is 94.0 Å². The topological polar surface area (TPSA) is 75.6 Å². The van der Waals surface area contributed by atoms with Crippen molar-refractivity contribution in [3.63, 3.8) is 0 Å². The lowest BCUT2D eigenvalue weighted by Crippen LogP contribution is -2.12. The fourth-order valence-electron chi connectivity index (χ4n) is 2.62. The van der Waals surface area contributed by atoms with Crippen LogP contribution in [0.3, 0.4) is 0 Å². The Bertz CT molecular complexity index is 989. The van der Waals surface area contributed by atoms with Crippen molar-refractivity contribution in [1.29, 1.82) is 0 Å². The van der Waals surface area contributed by atoms with E-state index in [1.165, 1.54) is 17.7 Å². The minimum atomic E-state index is -1.05. The number of amides is 1. The number of halogens is 1. The molecule has 0 radical (unpaired) electrons. The molecule has 3 aromatic carbocycles. The predicted octanol–water partition coefficient (Wildman–Crippen LogP) is 5.02. The van der Waals surface area contributed by atoms with E-state index in [1.807, 2.05) is 30.3 Å². The molecule has 28 heavy (non-hydrogen) atoms. The first-order chi connectivity index (χ1) is 13.5. The van der Waals surface area contributed by atoms with Crippen LogP contribution < -0.4 is 10.1 Å². The largest absolute Gasteiger partial charge is 0.492 e. The van der Waals surface area contributed by atoms with Crippen molar-refractivity contribution in [2.45, 2.75) is 6.42 Å². The maximum absolute atomic E-state index is 12.4. The standard InChI is InChI=1S/C22H18BrNO4/c23-19-14-16(21(25)24-18-8-4-7-17(13-18)22(26)27)9-10-20(19)28-12-11-15-5-2-1-3-6-15/h1-10,13-14H,11-12H2,(H,24,25)(H,26,27). The van der Waals surface area contributed by atoms with Crippen molar-refractivity contribution in [3.8, 4) is 5.75 Å². The number of aromatic carboxylic acids is 1. The molecule has 1 amide bonds. The fourth-order valence-corrected chi connectivity index (χ4v) is 3.11. The van der Waals surface area contributed by atoms with Crippen LogP contribution in [-0.4, -0.2) is 23.6 Å². The molecular formula is C22H18BrNO4. The normalized spacial score (nSPS) is 10.3. The highest BCUT2D eigenvalue weighted by atomic mass is 79.9. The van der Waals surface area contributed by atoms with Crippen molar-refractivity contribution < 1.29 is 19.4 Å². The summed E-state index contributed by atoms with van der Waals surface area (Å²) in [6.07, 6.45) is 0.787. The lowest BCUT2D eigenvalue weighted by Gasteiger charge is -2.11.